The van der Waals surface area contributed by atoms with E-state index in [0.717, 1.165) is 4.47 Å². The van der Waals surface area contributed by atoms with E-state index in [9.17, 15) is 8.42 Å². The third-order valence-corrected chi connectivity index (χ3v) is 3.56. The summed E-state index contributed by atoms with van der Waals surface area (Å²) in [5.41, 5.74) is 6.42. The predicted molar refractivity (Wildman–Crippen MR) is 74.0 cm³/mol. The fourth-order valence-corrected chi connectivity index (χ4v) is 2.59. The van der Waals surface area contributed by atoms with Gasteiger partial charge >= 0.3 is 10.2 Å². The molecule has 19 heavy (non-hydrogen) atoms. The minimum atomic E-state index is -3.93. The van der Waals surface area contributed by atoms with Gasteiger partial charge in [0.25, 0.3) is 0 Å². The van der Waals surface area contributed by atoms with Crippen LogP contribution in [0.1, 0.15) is 26.3 Å². The molecule has 0 saturated heterocycles. The molecule has 1 heterocycles. The first kappa shape index (κ1) is 13.8. The van der Waals surface area contributed by atoms with Gasteiger partial charge in [-0.1, -0.05) is 32.9 Å². The summed E-state index contributed by atoms with van der Waals surface area (Å²) in [6, 6.07) is 6.83. The van der Waals surface area contributed by atoms with Gasteiger partial charge in [0, 0.05) is 5.56 Å². The summed E-state index contributed by atoms with van der Waals surface area (Å²) in [4.78, 5) is 5.42. The summed E-state index contributed by atoms with van der Waals surface area (Å²) in [6.07, 6.45) is 0. The van der Waals surface area contributed by atoms with Gasteiger partial charge in [-0.05, 0) is 17.5 Å². The smallest absolute Gasteiger partial charge is 0.369 e. The van der Waals surface area contributed by atoms with Crippen LogP contribution in [0, 0.1) is 5.41 Å². The van der Waals surface area contributed by atoms with E-state index in [1.54, 1.807) is 24.3 Å². The molecule has 2 N–H and O–H groups in total. The maximum Gasteiger partial charge on any atom is 0.369 e. The molecular formula is C12H17N3O3S. The average molecular weight is 283 g/mol. The van der Waals surface area contributed by atoms with Crippen LogP contribution in [0.5, 0.6) is 0 Å². The van der Waals surface area contributed by atoms with Crippen molar-refractivity contribution in [3.63, 3.8) is 0 Å². The van der Waals surface area contributed by atoms with Crippen molar-refractivity contribution in [2.45, 2.75) is 20.8 Å². The third kappa shape index (κ3) is 2.87. The number of rotatable bonds is 2. The van der Waals surface area contributed by atoms with E-state index in [-0.39, 0.29) is 17.9 Å². The van der Waals surface area contributed by atoms with Gasteiger partial charge in [-0.2, -0.15) is 8.42 Å². The maximum atomic E-state index is 12.0. The Kier molecular flexibility index (Phi) is 3.27. The van der Waals surface area contributed by atoms with Gasteiger partial charge in [0.05, 0.1) is 12.3 Å². The van der Waals surface area contributed by atoms with Crippen LogP contribution in [0.3, 0.4) is 0 Å². The molecule has 1 aliphatic rings. The molecule has 1 aromatic carbocycles. The first-order valence-electron chi connectivity index (χ1n) is 5.84. The number of para-hydroxylation sites is 1. The van der Waals surface area contributed by atoms with Crippen LogP contribution < -0.4 is 10.2 Å². The molecule has 0 fully saturated rings. The second kappa shape index (κ2) is 4.50. The molecule has 0 atom stereocenters. The maximum absolute atomic E-state index is 12.0. The van der Waals surface area contributed by atoms with E-state index in [1.807, 2.05) is 20.8 Å². The SMILES string of the molecule is CC(C)(C)CON1c2ccccc2C(N)=NS1(=O)=O. The second-order valence-electron chi connectivity index (χ2n) is 5.53. The van der Waals surface area contributed by atoms with E-state index in [0.29, 0.717) is 11.3 Å². The summed E-state index contributed by atoms with van der Waals surface area (Å²) in [7, 11) is -3.93. The van der Waals surface area contributed by atoms with Crippen LogP contribution in [0.4, 0.5) is 5.69 Å². The highest BCUT2D eigenvalue weighted by Gasteiger charge is 2.32. The fraction of sp³-hybridized carbons (Fsp3) is 0.417. The Balaban J connectivity index is 2.42. The molecule has 0 unspecified atom stereocenters. The summed E-state index contributed by atoms with van der Waals surface area (Å²) < 4.78 is 28.4. The molecule has 7 heteroatoms. The van der Waals surface area contributed by atoms with Crippen LogP contribution in [-0.2, 0) is 15.0 Å². The molecule has 2 rings (SSSR count). The van der Waals surface area contributed by atoms with Crippen LogP contribution in [0.25, 0.3) is 0 Å². The van der Waals surface area contributed by atoms with Crippen molar-refractivity contribution in [1.29, 1.82) is 0 Å². The zero-order chi connectivity index (χ0) is 14.3. The Hall–Kier alpha value is -1.60. The molecule has 0 bridgehead atoms. The molecule has 0 aromatic heterocycles. The Morgan fingerprint density at radius 2 is 1.95 bits per heavy atom. The molecule has 6 nitrogen and oxygen atoms in total. The number of anilines is 1. The van der Waals surface area contributed by atoms with Crippen molar-refractivity contribution in [3.05, 3.63) is 29.8 Å². The first-order valence-corrected chi connectivity index (χ1v) is 7.23. The molecule has 0 spiro atoms. The van der Waals surface area contributed by atoms with E-state index < -0.39 is 10.2 Å². The van der Waals surface area contributed by atoms with E-state index in [2.05, 4.69) is 4.40 Å². The minimum absolute atomic E-state index is 0.0220. The lowest BCUT2D eigenvalue weighted by molar-refractivity contribution is 0.0815. The number of hydrogen-bond acceptors (Lipinski definition) is 4. The van der Waals surface area contributed by atoms with Gasteiger partial charge in [0.1, 0.15) is 5.84 Å². The van der Waals surface area contributed by atoms with Gasteiger partial charge in [0.15, 0.2) is 0 Å². The first-order chi connectivity index (χ1) is 8.71. The number of hydrogen-bond donors (Lipinski definition) is 1. The lowest BCUT2D eigenvalue weighted by Gasteiger charge is -2.29. The van der Waals surface area contributed by atoms with Gasteiger partial charge in [-0.15, -0.1) is 8.87 Å². The minimum Gasteiger partial charge on any atom is -0.382 e. The lowest BCUT2D eigenvalue weighted by atomic mass is 9.99. The number of fused-ring (bicyclic) bond motifs is 1. The number of amidine groups is 1. The zero-order valence-corrected chi connectivity index (χ0v) is 11.9. The topological polar surface area (TPSA) is 85.0 Å². The number of nitrogens with two attached hydrogens (primary N) is 1. The van der Waals surface area contributed by atoms with Crippen LogP contribution in [-0.4, -0.2) is 20.9 Å². The van der Waals surface area contributed by atoms with Crippen molar-refractivity contribution in [1.82, 2.24) is 0 Å². The molecule has 0 aliphatic carbocycles. The highest BCUT2D eigenvalue weighted by atomic mass is 32.2. The Morgan fingerprint density at radius 3 is 2.58 bits per heavy atom. The van der Waals surface area contributed by atoms with Crippen LogP contribution >= 0.6 is 0 Å². The third-order valence-electron chi connectivity index (χ3n) is 2.41. The van der Waals surface area contributed by atoms with Crippen molar-refractivity contribution in [3.8, 4) is 0 Å². The lowest BCUT2D eigenvalue weighted by Crippen LogP contribution is -2.38. The van der Waals surface area contributed by atoms with E-state index >= 15 is 0 Å². The highest BCUT2D eigenvalue weighted by Crippen LogP contribution is 2.29. The van der Waals surface area contributed by atoms with Crippen molar-refractivity contribution < 1.29 is 13.3 Å². The monoisotopic (exact) mass is 283 g/mol. The standard InChI is InChI=1S/C12H17N3O3S/c1-12(2,3)8-18-15-10-7-5-4-6-9(10)11(13)14-19(15,16)17/h4-7H,8H2,1-3H3,(H2,13,14). The summed E-state index contributed by atoms with van der Waals surface area (Å²) in [6.45, 7) is 6.10. The Labute approximate surface area is 113 Å². The quantitative estimate of drug-likeness (QED) is 0.889. The number of benzene rings is 1. The summed E-state index contributed by atoms with van der Waals surface area (Å²) in [5.74, 6) is -0.0220. The van der Waals surface area contributed by atoms with Gasteiger partial charge in [-0.25, -0.2) is 0 Å². The van der Waals surface area contributed by atoms with Crippen molar-refractivity contribution in [2.24, 2.45) is 15.5 Å². The van der Waals surface area contributed by atoms with E-state index in [1.165, 1.54) is 0 Å². The Morgan fingerprint density at radius 1 is 1.32 bits per heavy atom. The summed E-state index contributed by atoms with van der Waals surface area (Å²) >= 11 is 0. The van der Waals surface area contributed by atoms with Crippen molar-refractivity contribution in [2.75, 3.05) is 11.1 Å². The van der Waals surface area contributed by atoms with Crippen LogP contribution in [0.2, 0.25) is 0 Å². The highest BCUT2D eigenvalue weighted by molar-refractivity contribution is 7.91. The normalized spacial score (nSPS) is 17.8. The van der Waals surface area contributed by atoms with Crippen molar-refractivity contribution >= 4 is 21.7 Å². The fourth-order valence-electron chi connectivity index (χ4n) is 1.57. The average Bonchev–Trinajstić information content (AvgIpc) is 2.26. The van der Waals surface area contributed by atoms with Crippen LogP contribution in [0.15, 0.2) is 28.7 Å². The Bertz CT molecular complexity index is 617. The molecule has 0 saturated carbocycles. The zero-order valence-electron chi connectivity index (χ0n) is 11.1. The second-order valence-corrected chi connectivity index (χ2v) is 6.94. The predicted octanol–water partition coefficient (Wildman–Crippen LogP) is 1.43. The number of nitrogens with zero attached hydrogens (tertiary/aromatic N) is 2. The molecule has 104 valence electrons. The van der Waals surface area contributed by atoms with Gasteiger partial charge < -0.3 is 5.73 Å². The molecule has 0 radical (unpaired) electrons. The molecule has 0 amide bonds. The van der Waals surface area contributed by atoms with Gasteiger partial charge in [-0.3, -0.25) is 4.84 Å². The molecule has 1 aromatic rings. The van der Waals surface area contributed by atoms with Gasteiger partial charge in [0.2, 0.25) is 0 Å². The summed E-state index contributed by atoms with van der Waals surface area (Å²) in [5, 5.41) is 0. The largest absolute Gasteiger partial charge is 0.382 e. The molecule has 1 aliphatic heterocycles. The molecular weight excluding hydrogens is 266 g/mol. The van der Waals surface area contributed by atoms with E-state index in [4.69, 9.17) is 10.6 Å².